The number of nitriles is 1. The van der Waals surface area contributed by atoms with E-state index < -0.39 is 0 Å². The molecular formula is C16H19N3O. The zero-order valence-electron chi connectivity index (χ0n) is 11.6. The number of fused-ring (bicyclic) bond motifs is 2. The second-order valence-electron chi connectivity index (χ2n) is 5.85. The van der Waals surface area contributed by atoms with E-state index in [1.54, 1.807) is 12.1 Å². The molecule has 1 aromatic rings. The zero-order valence-corrected chi connectivity index (χ0v) is 11.6. The molecule has 2 bridgehead atoms. The van der Waals surface area contributed by atoms with Crippen LogP contribution in [0.2, 0.25) is 0 Å². The lowest BCUT2D eigenvalue weighted by Gasteiger charge is -2.22. The Hall–Kier alpha value is -1.86. The lowest BCUT2D eigenvalue weighted by molar-refractivity contribution is -0.126. The monoisotopic (exact) mass is 269 g/mol. The molecule has 4 unspecified atom stereocenters. The smallest absolute Gasteiger partial charge is 0.225 e. The quantitative estimate of drug-likeness (QED) is 0.880. The molecule has 4 heteroatoms. The van der Waals surface area contributed by atoms with Crippen LogP contribution < -0.4 is 10.6 Å². The maximum atomic E-state index is 12.3. The van der Waals surface area contributed by atoms with Crippen molar-refractivity contribution in [2.75, 3.05) is 0 Å². The molecular weight excluding hydrogens is 250 g/mol. The Balaban J connectivity index is 1.62. The van der Waals surface area contributed by atoms with E-state index >= 15 is 0 Å². The second-order valence-corrected chi connectivity index (χ2v) is 5.85. The molecule has 0 radical (unpaired) electrons. The zero-order chi connectivity index (χ0) is 14.1. The summed E-state index contributed by atoms with van der Waals surface area (Å²) < 4.78 is 0. The lowest BCUT2D eigenvalue weighted by Crippen LogP contribution is -2.38. The van der Waals surface area contributed by atoms with Crippen molar-refractivity contribution < 1.29 is 4.79 Å². The van der Waals surface area contributed by atoms with Gasteiger partial charge in [0, 0.05) is 12.1 Å². The molecule has 0 spiro atoms. The molecule has 2 heterocycles. The van der Waals surface area contributed by atoms with Crippen LogP contribution in [-0.2, 0) is 4.79 Å². The van der Waals surface area contributed by atoms with Crippen molar-refractivity contribution >= 4 is 5.91 Å². The minimum Gasteiger partial charge on any atom is -0.349 e. The van der Waals surface area contributed by atoms with Gasteiger partial charge in [-0.15, -0.1) is 0 Å². The Labute approximate surface area is 119 Å². The molecule has 2 saturated heterocycles. The first-order valence-electron chi connectivity index (χ1n) is 7.24. The van der Waals surface area contributed by atoms with Crippen LogP contribution in [0.25, 0.3) is 0 Å². The highest BCUT2D eigenvalue weighted by Crippen LogP contribution is 2.33. The number of carbonyl (C=O) groups is 1. The van der Waals surface area contributed by atoms with Crippen LogP contribution in [0.4, 0.5) is 0 Å². The molecule has 20 heavy (non-hydrogen) atoms. The summed E-state index contributed by atoms with van der Waals surface area (Å²) in [5.41, 5.74) is 1.68. The van der Waals surface area contributed by atoms with Gasteiger partial charge in [-0.25, -0.2) is 0 Å². The molecule has 2 N–H and O–H groups in total. The molecule has 1 aromatic carbocycles. The average Bonchev–Trinajstić information content (AvgIpc) is 3.10. The Kier molecular flexibility index (Phi) is 3.45. The number of rotatable bonds is 3. The van der Waals surface area contributed by atoms with Gasteiger partial charge < -0.3 is 10.6 Å². The Morgan fingerprint density at radius 2 is 2.15 bits per heavy atom. The molecule has 4 atom stereocenters. The first-order chi connectivity index (χ1) is 9.67. The first kappa shape index (κ1) is 13.1. The van der Waals surface area contributed by atoms with Crippen molar-refractivity contribution in [2.45, 2.75) is 44.3 Å². The van der Waals surface area contributed by atoms with Crippen molar-refractivity contribution in [2.24, 2.45) is 5.92 Å². The Morgan fingerprint density at radius 3 is 2.70 bits per heavy atom. The molecule has 1 amide bonds. The second kappa shape index (κ2) is 5.26. The van der Waals surface area contributed by atoms with Gasteiger partial charge in [0.15, 0.2) is 0 Å². The standard InChI is InChI=1S/C16H19N3O/c1-10(12-4-2-11(9-17)3-5-12)18-16(20)14-8-13-6-7-15(14)19-13/h2-5,10,13-15,19H,6-8H2,1H3,(H,18,20). The minimum atomic E-state index is -0.0191. The summed E-state index contributed by atoms with van der Waals surface area (Å²) in [6, 6.07) is 10.4. The van der Waals surface area contributed by atoms with Crippen LogP contribution >= 0.6 is 0 Å². The Bertz CT molecular complexity index is 546. The summed E-state index contributed by atoms with van der Waals surface area (Å²) in [7, 11) is 0. The topological polar surface area (TPSA) is 64.9 Å². The average molecular weight is 269 g/mol. The lowest BCUT2D eigenvalue weighted by atomic mass is 9.88. The van der Waals surface area contributed by atoms with E-state index in [1.807, 2.05) is 19.1 Å². The number of hydrogen-bond donors (Lipinski definition) is 2. The van der Waals surface area contributed by atoms with Gasteiger partial charge in [0.05, 0.1) is 23.6 Å². The molecule has 2 fully saturated rings. The summed E-state index contributed by atoms with van der Waals surface area (Å²) in [6.45, 7) is 1.99. The number of carbonyl (C=O) groups excluding carboxylic acids is 1. The number of nitrogens with one attached hydrogen (secondary N) is 2. The van der Waals surface area contributed by atoms with E-state index in [4.69, 9.17) is 5.26 Å². The van der Waals surface area contributed by atoms with Crippen molar-refractivity contribution in [1.29, 1.82) is 5.26 Å². The highest BCUT2D eigenvalue weighted by molar-refractivity contribution is 5.80. The number of nitrogens with zero attached hydrogens (tertiary/aromatic N) is 1. The fourth-order valence-electron chi connectivity index (χ4n) is 3.36. The fourth-order valence-corrected chi connectivity index (χ4v) is 3.36. The van der Waals surface area contributed by atoms with Crippen molar-refractivity contribution in [3.8, 4) is 6.07 Å². The Morgan fingerprint density at radius 1 is 1.40 bits per heavy atom. The SMILES string of the molecule is CC(NC(=O)C1CC2CCC1N2)c1ccc(C#N)cc1. The van der Waals surface area contributed by atoms with Crippen LogP contribution in [0, 0.1) is 17.2 Å². The van der Waals surface area contributed by atoms with Crippen LogP contribution in [0.5, 0.6) is 0 Å². The van der Waals surface area contributed by atoms with Crippen LogP contribution in [0.3, 0.4) is 0 Å². The molecule has 4 nitrogen and oxygen atoms in total. The maximum Gasteiger partial charge on any atom is 0.225 e. The first-order valence-corrected chi connectivity index (χ1v) is 7.24. The summed E-state index contributed by atoms with van der Waals surface area (Å²) in [5.74, 6) is 0.274. The third-order valence-electron chi connectivity index (χ3n) is 4.54. The largest absolute Gasteiger partial charge is 0.349 e. The third-order valence-corrected chi connectivity index (χ3v) is 4.54. The minimum absolute atomic E-state index is 0.0191. The normalized spacial score (nSPS) is 28.9. The highest BCUT2D eigenvalue weighted by Gasteiger charge is 2.42. The summed E-state index contributed by atoms with van der Waals surface area (Å²) in [4.78, 5) is 12.3. The van der Waals surface area contributed by atoms with Gasteiger partial charge in [0.25, 0.3) is 0 Å². The maximum absolute atomic E-state index is 12.3. The molecule has 104 valence electrons. The van der Waals surface area contributed by atoms with Gasteiger partial charge in [-0.3, -0.25) is 4.79 Å². The van der Waals surface area contributed by atoms with E-state index in [9.17, 15) is 4.79 Å². The van der Waals surface area contributed by atoms with E-state index in [-0.39, 0.29) is 17.9 Å². The van der Waals surface area contributed by atoms with Gasteiger partial charge in [-0.05, 0) is 43.9 Å². The third kappa shape index (κ3) is 2.41. The van der Waals surface area contributed by atoms with Crippen LogP contribution in [0.15, 0.2) is 24.3 Å². The predicted octanol–water partition coefficient (Wildman–Crippen LogP) is 1.88. The van der Waals surface area contributed by atoms with Crippen molar-refractivity contribution in [3.05, 3.63) is 35.4 Å². The number of amides is 1. The summed E-state index contributed by atoms with van der Waals surface area (Å²) >= 11 is 0. The van der Waals surface area contributed by atoms with Crippen LogP contribution in [0.1, 0.15) is 43.4 Å². The van der Waals surface area contributed by atoms with Gasteiger partial charge in [-0.2, -0.15) is 5.26 Å². The summed E-state index contributed by atoms with van der Waals surface area (Å²) in [6.07, 6.45) is 3.30. The van der Waals surface area contributed by atoms with Gasteiger partial charge in [0.1, 0.15) is 0 Å². The van der Waals surface area contributed by atoms with Gasteiger partial charge in [-0.1, -0.05) is 12.1 Å². The highest BCUT2D eigenvalue weighted by atomic mass is 16.2. The molecule has 3 rings (SSSR count). The van der Waals surface area contributed by atoms with Crippen molar-refractivity contribution in [1.82, 2.24) is 10.6 Å². The number of hydrogen-bond acceptors (Lipinski definition) is 3. The molecule has 0 aromatic heterocycles. The van der Waals surface area contributed by atoms with Crippen molar-refractivity contribution in [3.63, 3.8) is 0 Å². The molecule has 0 saturated carbocycles. The van der Waals surface area contributed by atoms with E-state index in [1.165, 1.54) is 6.42 Å². The molecule has 0 aliphatic carbocycles. The number of benzene rings is 1. The van der Waals surface area contributed by atoms with E-state index in [0.29, 0.717) is 17.6 Å². The van der Waals surface area contributed by atoms with E-state index in [0.717, 1.165) is 18.4 Å². The molecule has 2 aliphatic rings. The van der Waals surface area contributed by atoms with Crippen LogP contribution in [-0.4, -0.2) is 18.0 Å². The molecule has 2 aliphatic heterocycles. The van der Waals surface area contributed by atoms with Gasteiger partial charge in [0.2, 0.25) is 5.91 Å². The predicted molar refractivity (Wildman–Crippen MR) is 75.8 cm³/mol. The van der Waals surface area contributed by atoms with Gasteiger partial charge >= 0.3 is 0 Å². The van der Waals surface area contributed by atoms with E-state index in [2.05, 4.69) is 16.7 Å². The summed E-state index contributed by atoms with van der Waals surface area (Å²) in [5, 5.41) is 15.4. The fraction of sp³-hybridized carbons (Fsp3) is 0.500.